The highest BCUT2D eigenvalue weighted by molar-refractivity contribution is 8.16. The lowest BCUT2D eigenvalue weighted by molar-refractivity contribution is -0.384. The van der Waals surface area contributed by atoms with E-state index in [0.29, 0.717) is 11.5 Å². The molecule has 10 nitrogen and oxygen atoms in total. The molecule has 1 saturated heterocycles. The zero-order valence-electron chi connectivity index (χ0n) is 27.2. The van der Waals surface area contributed by atoms with Crippen LogP contribution in [0.5, 0.6) is 0 Å². The van der Waals surface area contributed by atoms with Crippen LogP contribution in [0.3, 0.4) is 0 Å². The minimum absolute atomic E-state index is 0.0564. The Balaban J connectivity index is 1.45. The predicted molar refractivity (Wildman–Crippen MR) is 190 cm³/mol. The Labute approximate surface area is 294 Å². The van der Waals surface area contributed by atoms with Crippen LogP contribution in [0.2, 0.25) is 0 Å². The molecule has 0 amide bonds. The number of aryl methyl sites for hydroxylation is 1. The number of thioether (sulfide) groups is 2. The van der Waals surface area contributed by atoms with Crippen LogP contribution in [-0.4, -0.2) is 54.6 Å². The van der Waals surface area contributed by atoms with Crippen molar-refractivity contribution < 1.29 is 36.5 Å². The molecule has 4 aromatic carbocycles. The normalized spacial score (nSPS) is 17.9. The molecule has 1 aliphatic rings. The number of ether oxygens (including phenoxy) is 3. The van der Waals surface area contributed by atoms with Crippen LogP contribution in [0.15, 0.2) is 114 Å². The average molecular weight is 724 g/mol. The number of carbonyl (C=O) groups excluding carboxylic acids is 1. The Morgan fingerprint density at radius 2 is 1.37 bits per heavy atom. The van der Waals surface area contributed by atoms with E-state index in [4.69, 9.17) is 18.4 Å². The first-order valence-corrected chi connectivity index (χ1v) is 19.0. The van der Waals surface area contributed by atoms with Crippen LogP contribution < -0.4 is 0 Å². The van der Waals surface area contributed by atoms with E-state index in [1.54, 1.807) is 49.5 Å². The van der Waals surface area contributed by atoms with Crippen molar-refractivity contribution in [2.24, 2.45) is 0 Å². The molecule has 5 rings (SSSR count). The van der Waals surface area contributed by atoms with Gasteiger partial charge in [0.25, 0.3) is 15.8 Å². The Morgan fingerprint density at radius 1 is 0.837 bits per heavy atom. The van der Waals surface area contributed by atoms with E-state index in [9.17, 15) is 23.3 Å². The van der Waals surface area contributed by atoms with Crippen molar-refractivity contribution in [1.29, 1.82) is 0 Å². The number of carbonyl (C=O) groups is 1. The van der Waals surface area contributed by atoms with E-state index in [-0.39, 0.29) is 20.7 Å². The SMILES string of the molecule is Cc1ccc(S(=O)(=O)O[C@H](COC(=O)c2ccc([N+](=O)[O-])cc2)[C@@H]2OC(C)(C)O[C@H]2C(SCc2ccccc2)SCc2ccccc2)cc1. The minimum atomic E-state index is -4.35. The molecule has 49 heavy (non-hydrogen) atoms. The van der Waals surface area contributed by atoms with Gasteiger partial charge < -0.3 is 14.2 Å². The summed E-state index contributed by atoms with van der Waals surface area (Å²) in [6, 6.07) is 31.1. The summed E-state index contributed by atoms with van der Waals surface area (Å²) in [5.74, 6) is -0.615. The predicted octanol–water partition coefficient (Wildman–Crippen LogP) is 7.55. The molecule has 0 N–H and O–H groups in total. The molecule has 13 heteroatoms. The van der Waals surface area contributed by atoms with Gasteiger partial charge in [0.05, 0.1) is 20.0 Å². The molecule has 1 heterocycles. The number of benzene rings is 4. The quantitative estimate of drug-likeness (QED) is 0.0396. The van der Waals surface area contributed by atoms with E-state index in [2.05, 4.69) is 0 Å². The first-order valence-electron chi connectivity index (χ1n) is 15.5. The Bertz CT molecular complexity index is 1760. The zero-order valence-corrected chi connectivity index (χ0v) is 29.6. The van der Waals surface area contributed by atoms with Gasteiger partial charge in [-0.2, -0.15) is 8.42 Å². The molecule has 0 unspecified atom stereocenters. The molecule has 0 saturated carbocycles. The molecule has 0 radical (unpaired) electrons. The Hall–Kier alpha value is -3.72. The van der Waals surface area contributed by atoms with Gasteiger partial charge in [0.1, 0.15) is 24.9 Å². The van der Waals surface area contributed by atoms with Crippen LogP contribution in [0.25, 0.3) is 0 Å². The number of esters is 1. The molecular formula is C36H37NO9S3. The number of nitrogens with zero attached hydrogens (tertiary/aromatic N) is 1. The van der Waals surface area contributed by atoms with Gasteiger partial charge in [-0.05, 0) is 56.2 Å². The highest BCUT2D eigenvalue weighted by Crippen LogP contribution is 2.43. The highest BCUT2D eigenvalue weighted by Gasteiger charge is 2.51. The summed E-state index contributed by atoms with van der Waals surface area (Å²) in [5.41, 5.74) is 2.96. The summed E-state index contributed by atoms with van der Waals surface area (Å²) < 4.78 is 51.4. The molecule has 0 aromatic heterocycles. The fourth-order valence-electron chi connectivity index (χ4n) is 5.12. The van der Waals surface area contributed by atoms with E-state index in [0.717, 1.165) is 16.7 Å². The van der Waals surface area contributed by atoms with E-state index >= 15 is 0 Å². The van der Waals surface area contributed by atoms with Crippen LogP contribution in [0.4, 0.5) is 5.69 Å². The summed E-state index contributed by atoms with van der Waals surface area (Å²) in [7, 11) is -4.35. The average Bonchev–Trinajstić information content (AvgIpc) is 3.42. The van der Waals surface area contributed by atoms with Gasteiger partial charge in [-0.25, -0.2) is 4.79 Å². The largest absolute Gasteiger partial charge is 0.459 e. The third kappa shape index (κ3) is 10.2. The van der Waals surface area contributed by atoms with Gasteiger partial charge in [0, 0.05) is 23.6 Å². The fourth-order valence-corrected chi connectivity index (χ4v) is 8.88. The smallest absolute Gasteiger partial charge is 0.338 e. The summed E-state index contributed by atoms with van der Waals surface area (Å²) in [6.45, 7) is 4.83. The van der Waals surface area contributed by atoms with Crippen molar-refractivity contribution in [3.8, 4) is 0 Å². The lowest BCUT2D eigenvalue weighted by Gasteiger charge is -2.30. The molecular weight excluding hydrogens is 687 g/mol. The lowest BCUT2D eigenvalue weighted by atomic mass is 10.1. The van der Waals surface area contributed by atoms with E-state index in [1.807, 2.05) is 67.6 Å². The second kappa shape index (κ2) is 16.3. The van der Waals surface area contributed by atoms with Crippen molar-refractivity contribution in [3.05, 3.63) is 142 Å². The van der Waals surface area contributed by atoms with Crippen molar-refractivity contribution in [3.63, 3.8) is 0 Å². The fraction of sp³-hybridized carbons (Fsp3) is 0.306. The van der Waals surface area contributed by atoms with Crippen molar-refractivity contribution in [2.45, 2.75) is 65.9 Å². The van der Waals surface area contributed by atoms with Gasteiger partial charge in [-0.1, -0.05) is 78.4 Å². The van der Waals surface area contributed by atoms with Gasteiger partial charge in [0.15, 0.2) is 5.79 Å². The van der Waals surface area contributed by atoms with Gasteiger partial charge in [0.2, 0.25) is 0 Å². The number of hydrogen-bond acceptors (Lipinski definition) is 11. The van der Waals surface area contributed by atoms with Crippen molar-refractivity contribution in [1.82, 2.24) is 0 Å². The molecule has 0 bridgehead atoms. The molecule has 1 fully saturated rings. The Kier molecular flexibility index (Phi) is 12.2. The molecule has 0 aliphatic carbocycles. The maximum Gasteiger partial charge on any atom is 0.338 e. The third-order valence-electron chi connectivity index (χ3n) is 7.56. The zero-order chi connectivity index (χ0) is 35.0. The second-order valence-corrected chi connectivity index (χ2v) is 16.0. The van der Waals surface area contributed by atoms with Crippen molar-refractivity contribution >= 4 is 45.3 Å². The van der Waals surface area contributed by atoms with E-state index in [1.165, 1.54) is 36.4 Å². The standard InChI is InChI=1S/C36H37NO9S3/c1-25-14-20-30(21-15-25)49(41,42)46-31(22-43-34(38)28-16-18-29(19-17-28)37(39)40)32-33(45-36(2,3)44-32)35(47-23-26-10-6-4-7-11-26)48-24-27-12-8-5-9-13-27/h4-21,31-33,35H,22-24H2,1-3H3/t31-,32+,33-/m1/s1. The third-order valence-corrected chi connectivity index (χ3v) is 11.9. The van der Waals surface area contributed by atoms with E-state index < -0.39 is 51.7 Å². The summed E-state index contributed by atoms with van der Waals surface area (Å²) in [6.07, 6.45) is -2.97. The number of nitro benzene ring substituents is 1. The van der Waals surface area contributed by atoms with Crippen molar-refractivity contribution in [2.75, 3.05) is 6.61 Å². The maximum atomic E-state index is 13.7. The summed E-state index contributed by atoms with van der Waals surface area (Å²) in [4.78, 5) is 23.6. The summed E-state index contributed by atoms with van der Waals surface area (Å²) >= 11 is 3.29. The molecule has 3 atom stereocenters. The van der Waals surface area contributed by atoms with Gasteiger partial charge >= 0.3 is 5.97 Å². The number of rotatable bonds is 15. The molecule has 0 spiro atoms. The first kappa shape index (κ1) is 36.6. The van der Waals surface area contributed by atoms with Crippen LogP contribution in [-0.2, 0) is 40.0 Å². The van der Waals surface area contributed by atoms with Gasteiger partial charge in [-0.3, -0.25) is 14.3 Å². The number of non-ortho nitro benzene ring substituents is 1. The number of hydrogen-bond donors (Lipinski definition) is 0. The highest BCUT2D eigenvalue weighted by atomic mass is 32.2. The summed E-state index contributed by atoms with van der Waals surface area (Å²) in [5, 5.41) is 11.1. The van der Waals surface area contributed by atoms with Gasteiger partial charge in [-0.15, -0.1) is 23.5 Å². The lowest BCUT2D eigenvalue weighted by Crippen LogP contribution is -2.45. The van der Waals surface area contributed by atoms with Crippen LogP contribution in [0.1, 0.15) is 40.9 Å². The van der Waals surface area contributed by atoms with Crippen LogP contribution in [0, 0.1) is 17.0 Å². The molecule has 258 valence electrons. The topological polar surface area (TPSA) is 131 Å². The monoisotopic (exact) mass is 723 g/mol. The molecule has 4 aromatic rings. The second-order valence-electron chi connectivity index (χ2n) is 11.8. The minimum Gasteiger partial charge on any atom is -0.459 e. The first-order chi connectivity index (χ1) is 23.4. The maximum absolute atomic E-state index is 13.7. The number of nitro groups is 1. The van der Waals surface area contributed by atoms with Crippen LogP contribution >= 0.6 is 23.5 Å². The Morgan fingerprint density at radius 3 is 1.90 bits per heavy atom. The molecule has 1 aliphatic heterocycles.